The Morgan fingerprint density at radius 3 is 2.73 bits per heavy atom. The van der Waals surface area contributed by atoms with Gasteiger partial charge in [0.05, 0.1) is 34.5 Å². The quantitative estimate of drug-likeness (QED) is 0.420. The van der Waals surface area contributed by atoms with Gasteiger partial charge in [-0.2, -0.15) is 0 Å². The molecular formula is C24H25BrN4O4. The van der Waals surface area contributed by atoms with E-state index < -0.39 is 0 Å². The van der Waals surface area contributed by atoms with Crippen LogP contribution in [0.15, 0.2) is 40.9 Å². The smallest absolute Gasteiger partial charge is 0.200 e. The maximum Gasteiger partial charge on any atom is 0.200 e. The van der Waals surface area contributed by atoms with Crippen LogP contribution in [0, 0.1) is 6.92 Å². The van der Waals surface area contributed by atoms with Gasteiger partial charge in [0.15, 0.2) is 5.65 Å². The van der Waals surface area contributed by atoms with E-state index in [1.807, 2.05) is 37.3 Å². The zero-order chi connectivity index (χ0) is 22.9. The number of phenolic OH excluding ortho intramolecular Hbond substituents is 1. The molecule has 5 rings (SSSR count). The average Bonchev–Trinajstić information content (AvgIpc) is 3.16. The number of hydrogen-bond acceptors (Lipinski definition) is 7. The standard InChI is InChI=1S/C24H25BrN4O4/c1-15-21-22-17(4-3-5-20(22)33-13-10-28-8-11-32-12-9-28)23(26-24(21)29(27-15)31-2)16-6-7-19(30)18(25)14-16/h3-7,14,30H,8-13H2,1-2H3. The fourth-order valence-corrected chi connectivity index (χ4v) is 4.64. The number of phenols is 1. The van der Waals surface area contributed by atoms with Gasteiger partial charge in [-0.15, -0.1) is 5.10 Å². The van der Waals surface area contributed by atoms with Crippen molar-refractivity contribution >= 4 is 37.7 Å². The summed E-state index contributed by atoms with van der Waals surface area (Å²) in [6, 6.07) is 11.4. The van der Waals surface area contributed by atoms with Gasteiger partial charge in [0, 0.05) is 36.0 Å². The lowest BCUT2D eigenvalue weighted by molar-refractivity contribution is 0.0323. The highest BCUT2D eigenvalue weighted by molar-refractivity contribution is 9.10. The lowest BCUT2D eigenvalue weighted by Crippen LogP contribution is -2.38. The van der Waals surface area contributed by atoms with Crippen LogP contribution in [-0.4, -0.2) is 71.5 Å². The Labute approximate surface area is 199 Å². The van der Waals surface area contributed by atoms with Crippen LogP contribution in [0.25, 0.3) is 33.1 Å². The van der Waals surface area contributed by atoms with E-state index in [0.29, 0.717) is 16.7 Å². The van der Waals surface area contributed by atoms with Crippen LogP contribution in [0.1, 0.15) is 5.69 Å². The summed E-state index contributed by atoms with van der Waals surface area (Å²) in [5, 5.41) is 17.3. The van der Waals surface area contributed by atoms with Crippen LogP contribution in [0.2, 0.25) is 0 Å². The van der Waals surface area contributed by atoms with Crippen molar-refractivity contribution in [3.63, 3.8) is 0 Å². The maximum atomic E-state index is 9.98. The van der Waals surface area contributed by atoms with Gasteiger partial charge < -0.3 is 19.4 Å². The first-order valence-corrected chi connectivity index (χ1v) is 11.6. The summed E-state index contributed by atoms with van der Waals surface area (Å²) in [6.45, 7) is 6.73. The number of aryl methyl sites for hydroxylation is 1. The molecule has 1 fully saturated rings. The molecule has 2 aromatic carbocycles. The molecule has 0 unspecified atom stereocenters. The number of morpholine rings is 1. The van der Waals surface area contributed by atoms with E-state index in [4.69, 9.17) is 19.3 Å². The highest BCUT2D eigenvalue weighted by atomic mass is 79.9. The molecule has 8 nitrogen and oxygen atoms in total. The molecule has 33 heavy (non-hydrogen) atoms. The number of pyridine rings is 1. The minimum Gasteiger partial charge on any atom is -0.507 e. The molecule has 4 aromatic rings. The number of benzene rings is 2. The number of halogens is 1. The summed E-state index contributed by atoms with van der Waals surface area (Å²) in [6.07, 6.45) is 0. The molecule has 0 atom stereocenters. The SMILES string of the molecule is COn1nc(C)c2c3c(OCCN4CCOCC4)cccc3c(-c3ccc(O)c(Br)c3)nc21. The third-order valence-electron chi connectivity index (χ3n) is 5.92. The lowest BCUT2D eigenvalue weighted by Gasteiger charge is -2.26. The van der Waals surface area contributed by atoms with Crippen LogP contribution < -0.4 is 9.57 Å². The molecule has 2 aromatic heterocycles. The van der Waals surface area contributed by atoms with Crippen molar-refractivity contribution in [3.8, 4) is 22.8 Å². The number of rotatable bonds is 6. The van der Waals surface area contributed by atoms with Crippen molar-refractivity contribution in [2.24, 2.45) is 0 Å². The van der Waals surface area contributed by atoms with Gasteiger partial charge in [-0.1, -0.05) is 17.0 Å². The molecule has 1 saturated heterocycles. The predicted molar refractivity (Wildman–Crippen MR) is 130 cm³/mol. The lowest BCUT2D eigenvalue weighted by atomic mass is 10.00. The minimum absolute atomic E-state index is 0.175. The molecule has 0 bridgehead atoms. The second-order valence-corrected chi connectivity index (χ2v) is 8.80. The summed E-state index contributed by atoms with van der Waals surface area (Å²) in [4.78, 5) is 14.2. The van der Waals surface area contributed by atoms with Crippen molar-refractivity contribution in [1.82, 2.24) is 19.8 Å². The Hall–Kier alpha value is -2.88. The normalized spacial score (nSPS) is 14.8. The largest absolute Gasteiger partial charge is 0.507 e. The zero-order valence-corrected chi connectivity index (χ0v) is 20.1. The predicted octanol–water partition coefficient (Wildman–Crippen LogP) is 3.80. The average molecular weight is 513 g/mol. The Morgan fingerprint density at radius 2 is 1.97 bits per heavy atom. The van der Waals surface area contributed by atoms with Crippen molar-refractivity contribution in [2.45, 2.75) is 6.92 Å². The molecule has 172 valence electrons. The van der Waals surface area contributed by atoms with Gasteiger partial charge in [0.25, 0.3) is 0 Å². The van der Waals surface area contributed by atoms with Gasteiger partial charge in [-0.25, -0.2) is 4.98 Å². The number of ether oxygens (including phenoxy) is 2. The van der Waals surface area contributed by atoms with Crippen molar-refractivity contribution < 1.29 is 19.4 Å². The van der Waals surface area contributed by atoms with Crippen molar-refractivity contribution in [3.05, 3.63) is 46.6 Å². The summed E-state index contributed by atoms with van der Waals surface area (Å²) in [7, 11) is 1.57. The van der Waals surface area contributed by atoms with Crippen LogP contribution in [0.3, 0.4) is 0 Å². The first-order valence-electron chi connectivity index (χ1n) is 10.8. The molecule has 1 aliphatic heterocycles. The minimum atomic E-state index is 0.175. The first-order chi connectivity index (χ1) is 16.1. The van der Waals surface area contributed by atoms with Crippen LogP contribution in [0.4, 0.5) is 0 Å². The maximum absolute atomic E-state index is 9.98. The van der Waals surface area contributed by atoms with Crippen LogP contribution >= 0.6 is 15.9 Å². The highest BCUT2D eigenvalue weighted by Gasteiger charge is 2.21. The molecule has 3 heterocycles. The fraction of sp³-hybridized carbons (Fsp3) is 0.333. The monoisotopic (exact) mass is 512 g/mol. The molecule has 0 aliphatic carbocycles. The van der Waals surface area contributed by atoms with Crippen LogP contribution in [-0.2, 0) is 4.74 Å². The molecule has 0 amide bonds. The molecule has 0 spiro atoms. The Kier molecular flexibility index (Phi) is 6.09. The van der Waals surface area contributed by atoms with Gasteiger partial charge in [-0.05, 0) is 47.1 Å². The van der Waals surface area contributed by atoms with E-state index in [1.165, 1.54) is 4.85 Å². The van der Waals surface area contributed by atoms with E-state index in [9.17, 15) is 5.11 Å². The van der Waals surface area contributed by atoms with Gasteiger partial charge in [-0.3, -0.25) is 4.90 Å². The summed E-state index contributed by atoms with van der Waals surface area (Å²) < 4.78 is 12.4. The van der Waals surface area contributed by atoms with E-state index >= 15 is 0 Å². The Balaban J connectivity index is 1.64. The van der Waals surface area contributed by atoms with Gasteiger partial charge in [0.1, 0.15) is 25.2 Å². The topological polar surface area (TPSA) is 81.9 Å². The second-order valence-electron chi connectivity index (χ2n) is 7.95. The van der Waals surface area contributed by atoms with Crippen molar-refractivity contribution in [1.29, 1.82) is 0 Å². The number of nitrogens with zero attached hydrogens (tertiary/aromatic N) is 4. The Bertz CT molecular complexity index is 1320. The van der Waals surface area contributed by atoms with Gasteiger partial charge >= 0.3 is 0 Å². The number of fused-ring (bicyclic) bond motifs is 3. The molecule has 1 N–H and O–H groups in total. The van der Waals surface area contributed by atoms with Crippen molar-refractivity contribution in [2.75, 3.05) is 46.6 Å². The van der Waals surface area contributed by atoms with E-state index in [1.54, 1.807) is 13.2 Å². The number of aromatic hydroxyl groups is 1. The van der Waals surface area contributed by atoms with Crippen LogP contribution in [0.5, 0.6) is 11.5 Å². The fourth-order valence-electron chi connectivity index (χ4n) is 4.27. The molecule has 0 saturated carbocycles. The van der Waals surface area contributed by atoms with E-state index in [0.717, 1.165) is 71.7 Å². The van der Waals surface area contributed by atoms with E-state index in [2.05, 4.69) is 25.9 Å². The summed E-state index contributed by atoms with van der Waals surface area (Å²) in [5.74, 6) is 0.958. The zero-order valence-electron chi connectivity index (χ0n) is 18.5. The molecule has 1 aliphatic rings. The summed E-state index contributed by atoms with van der Waals surface area (Å²) in [5.41, 5.74) is 3.05. The third-order valence-corrected chi connectivity index (χ3v) is 6.55. The molecule has 9 heteroatoms. The number of aromatic nitrogens is 3. The Morgan fingerprint density at radius 1 is 1.15 bits per heavy atom. The summed E-state index contributed by atoms with van der Waals surface area (Å²) >= 11 is 3.42. The van der Waals surface area contributed by atoms with E-state index in [-0.39, 0.29) is 5.75 Å². The van der Waals surface area contributed by atoms with Gasteiger partial charge in [0.2, 0.25) is 0 Å². The molecular weight excluding hydrogens is 488 g/mol. The third kappa shape index (κ3) is 4.12. The first kappa shape index (κ1) is 21.9. The highest BCUT2D eigenvalue weighted by Crippen LogP contribution is 2.40. The number of hydrogen-bond donors (Lipinski definition) is 1. The second kappa shape index (κ2) is 9.17. The molecule has 0 radical (unpaired) electrons.